The number of aromatic nitrogens is 3. The summed E-state index contributed by atoms with van der Waals surface area (Å²) in [5, 5.41) is 9.12. The van der Waals surface area contributed by atoms with Gasteiger partial charge in [-0.15, -0.1) is 0 Å². The van der Waals surface area contributed by atoms with E-state index in [4.69, 9.17) is 28.2 Å². The lowest BCUT2D eigenvalue weighted by Gasteiger charge is -2.20. The van der Waals surface area contributed by atoms with Gasteiger partial charge in [0.1, 0.15) is 5.82 Å². The molecule has 0 radical (unpaired) electrons. The molecule has 28 heavy (non-hydrogen) atoms. The lowest BCUT2D eigenvalue weighted by molar-refractivity contribution is 0.569. The second kappa shape index (κ2) is 7.12. The summed E-state index contributed by atoms with van der Waals surface area (Å²) in [6.45, 7) is 6.43. The van der Waals surface area contributed by atoms with Gasteiger partial charge < -0.3 is 5.32 Å². The zero-order chi connectivity index (χ0) is 19.9. The summed E-state index contributed by atoms with van der Waals surface area (Å²) in [4.78, 5) is 4.93. The summed E-state index contributed by atoms with van der Waals surface area (Å²) in [5.74, 6) is 0.801. The zero-order valence-corrected chi connectivity index (χ0v) is 17.4. The third-order valence-corrected chi connectivity index (χ3v) is 4.90. The average molecular weight is 411 g/mol. The minimum absolute atomic E-state index is 0.123. The number of halogens is 2. The van der Waals surface area contributed by atoms with Crippen LogP contribution in [0.5, 0.6) is 0 Å². The van der Waals surface area contributed by atoms with E-state index in [1.54, 1.807) is 6.07 Å². The zero-order valence-electron chi connectivity index (χ0n) is 15.9. The number of anilines is 2. The highest BCUT2D eigenvalue weighted by Crippen LogP contribution is 2.31. The van der Waals surface area contributed by atoms with Crippen LogP contribution in [-0.4, -0.2) is 14.6 Å². The predicted molar refractivity (Wildman–Crippen MR) is 117 cm³/mol. The Labute approximate surface area is 174 Å². The molecular weight excluding hydrogens is 391 g/mol. The molecule has 0 amide bonds. The van der Waals surface area contributed by atoms with Gasteiger partial charge >= 0.3 is 0 Å². The largest absolute Gasteiger partial charge is 0.340 e. The van der Waals surface area contributed by atoms with Gasteiger partial charge in [0, 0.05) is 32.8 Å². The first-order chi connectivity index (χ1) is 13.3. The fourth-order valence-electron chi connectivity index (χ4n) is 3.03. The highest BCUT2D eigenvalue weighted by Gasteiger charge is 2.20. The van der Waals surface area contributed by atoms with Crippen molar-refractivity contribution < 1.29 is 0 Å². The fraction of sp³-hybridized carbons (Fsp3) is 0.182. The van der Waals surface area contributed by atoms with Crippen molar-refractivity contribution in [2.45, 2.75) is 26.2 Å². The van der Waals surface area contributed by atoms with E-state index in [-0.39, 0.29) is 5.41 Å². The van der Waals surface area contributed by atoms with Gasteiger partial charge in [-0.3, -0.25) is 0 Å². The molecule has 0 spiro atoms. The van der Waals surface area contributed by atoms with Gasteiger partial charge in [-0.2, -0.15) is 9.61 Å². The summed E-state index contributed by atoms with van der Waals surface area (Å²) in [6, 6.07) is 17.5. The molecule has 0 aliphatic rings. The Morgan fingerprint density at radius 3 is 2.25 bits per heavy atom. The summed E-state index contributed by atoms with van der Waals surface area (Å²) in [5.41, 5.74) is 4.50. The maximum atomic E-state index is 6.16. The normalized spacial score (nSPS) is 11.8. The number of fused-ring (bicyclic) bond motifs is 1. The van der Waals surface area contributed by atoms with E-state index in [0.29, 0.717) is 10.0 Å². The van der Waals surface area contributed by atoms with E-state index in [0.717, 1.165) is 34.0 Å². The molecule has 0 fully saturated rings. The Bertz CT molecular complexity index is 1120. The highest BCUT2D eigenvalue weighted by atomic mass is 35.5. The predicted octanol–water partition coefficient (Wildman–Crippen LogP) is 6.74. The molecule has 2 heterocycles. The minimum Gasteiger partial charge on any atom is -0.340 e. The maximum Gasteiger partial charge on any atom is 0.165 e. The second-order valence-electron chi connectivity index (χ2n) is 7.72. The number of nitrogens with zero attached hydrogens (tertiary/aromatic N) is 3. The van der Waals surface area contributed by atoms with Crippen molar-refractivity contribution in [2.75, 3.05) is 5.32 Å². The van der Waals surface area contributed by atoms with Crippen LogP contribution in [0.25, 0.3) is 16.8 Å². The molecule has 0 unspecified atom stereocenters. The van der Waals surface area contributed by atoms with Crippen molar-refractivity contribution in [3.8, 4) is 11.1 Å². The average Bonchev–Trinajstić information content (AvgIpc) is 3.05. The number of nitrogens with one attached hydrogen (secondary N) is 1. The van der Waals surface area contributed by atoms with Crippen LogP contribution in [0.4, 0.5) is 11.5 Å². The number of benzene rings is 2. The van der Waals surface area contributed by atoms with E-state index in [2.05, 4.69) is 43.3 Å². The summed E-state index contributed by atoms with van der Waals surface area (Å²) < 4.78 is 1.81. The summed E-state index contributed by atoms with van der Waals surface area (Å²) in [7, 11) is 0. The first kappa shape index (κ1) is 18.8. The van der Waals surface area contributed by atoms with Crippen LogP contribution in [0.1, 0.15) is 26.5 Å². The van der Waals surface area contributed by atoms with E-state index < -0.39 is 0 Å². The molecule has 4 rings (SSSR count). The Morgan fingerprint density at radius 2 is 1.61 bits per heavy atom. The molecule has 4 aromatic rings. The van der Waals surface area contributed by atoms with Crippen molar-refractivity contribution in [3.63, 3.8) is 0 Å². The van der Waals surface area contributed by atoms with Crippen LogP contribution >= 0.6 is 23.2 Å². The van der Waals surface area contributed by atoms with Crippen molar-refractivity contribution in [1.82, 2.24) is 14.6 Å². The standard InChI is InChI=1S/C22H20Cl2N4/c1-22(2,3)19-12-20(26-17-10-15(23)9-16(24)11-17)28-21(27-19)18(13-25-28)14-7-5-4-6-8-14/h4-13,26H,1-3H3. The molecule has 0 saturated carbocycles. The molecule has 1 N–H and O–H groups in total. The number of hydrogen-bond donors (Lipinski definition) is 1. The smallest absolute Gasteiger partial charge is 0.165 e. The molecule has 0 bridgehead atoms. The Kier molecular flexibility index (Phi) is 4.77. The van der Waals surface area contributed by atoms with Gasteiger partial charge in [0.15, 0.2) is 5.65 Å². The molecule has 0 aliphatic heterocycles. The van der Waals surface area contributed by atoms with E-state index in [9.17, 15) is 0 Å². The monoisotopic (exact) mass is 410 g/mol. The minimum atomic E-state index is -0.123. The molecule has 4 nitrogen and oxygen atoms in total. The summed E-state index contributed by atoms with van der Waals surface area (Å²) >= 11 is 12.3. The first-order valence-corrected chi connectivity index (χ1v) is 9.75. The van der Waals surface area contributed by atoms with Gasteiger partial charge in [-0.05, 0) is 23.8 Å². The van der Waals surface area contributed by atoms with E-state index in [1.165, 1.54) is 0 Å². The molecule has 2 aromatic carbocycles. The maximum absolute atomic E-state index is 6.16. The number of hydrogen-bond acceptors (Lipinski definition) is 3. The topological polar surface area (TPSA) is 42.2 Å². The molecule has 0 saturated heterocycles. The van der Waals surface area contributed by atoms with Crippen LogP contribution < -0.4 is 5.32 Å². The van der Waals surface area contributed by atoms with Gasteiger partial charge in [-0.25, -0.2) is 4.98 Å². The van der Waals surface area contributed by atoms with Gasteiger partial charge in [0.05, 0.1) is 11.9 Å². The quantitative estimate of drug-likeness (QED) is 0.406. The molecule has 0 aliphatic carbocycles. The fourth-order valence-corrected chi connectivity index (χ4v) is 3.56. The molecular formula is C22H20Cl2N4. The van der Waals surface area contributed by atoms with E-state index >= 15 is 0 Å². The lowest BCUT2D eigenvalue weighted by atomic mass is 9.92. The highest BCUT2D eigenvalue weighted by molar-refractivity contribution is 6.35. The number of rotatable bonds is 3. The Balaban J connectivity index is 1.91. The third kappa shape index (κ3) is 3.71. The first-order valence-electron chi connectivity index (χ1n) is 8.99. The van der Waals surface area contributed by atoms with Crippen LogP contribution in [0.15, 0.2) is 60.8 Å². The summed E-state index contributed by atoms with van der Waals surface area (Å²) in [6.07, 6.45) is 1.85. The van der Waals surface area contributed by atoms with Crippen LogP contribution in [0.3, 0.4) is 0 Å². The van der Waals surface area contributed by atoms with Gasteiger partial charge in [-0.1, -0.05) is 74.3 Å². The van der Waals surface area contributed by atoms with Crippen molar-refractivity contribution >= 4 is 40.4 Å². The van der Waals surface area contributed by atoms with Gasteiger partial charge in [0.25, 0.3) is 0 Å². The molecule has 0 atom stereocenters. The van der Waals surface area contributed by atoms with Crippen LogP contribution in [0, 0.1) is 0 Å². The SMILES string of the molecule is CC(C)(C)c1cc(Nc2cc(Cl)cc(Cl)c2)n2ncc(-c3ccccc3)c2n1. The van der Waals surface area contributed by atoms with Crippen LogP contribution in [0.2, 0.25) is 10.0 Å². The molecule has 2 aromatic heterocycles. The van der Waals surface area contributed by atoms with Crippen molar-refractivity contribution in [2.24, 2.45) is 0 Å². The molecule has 142 valence electrons. The van der Waals surface area contributed by atoms with E-state index in [1.807, 2.05) is 47.1 Å². The van der Waals surface area contributed by atoms with Crippen molar-refractivity contribution in [3.05, 3.63) is 76.5 Å². The van der Waals surface area contributed by atoms with Gasteiger partial charge in [0.2, 0.25) is 0 Å². The molecule has 6 heteroatoms. The third-order valence-electron chi connectivity index (χ3n) is 4.46. The Morgan fingerprint density at radius 1 is 0.929 bits per heavy atom. The van der Waals surface area contributed by atoms with Crippen molar-refractivity contribution in [1.29, 1.82) is 0 Å². The lowest BCUT2D eigenvalue weighted by Crippen LogP contribution is -2.16. The second-order valence-corrected chi connectivity index (χ2v) is 8.59. The Hall–Kier alpha value is -2.56. The van der Waals surface area contributed by atoms with Crippen LogP contribution in [-0.2, 0) is 5.41 Å².